The number of hydrogen-bond donors (Lipinski definition) is 0. The van der Waals surface area contributed by atoms with Crippen LogP contribution in [0, 0.1) is 0 Å². The van der Waals surface area contributed by atoms with Crippen LogP contribution in [0.2, 0.25) is 0 Å². The molecular weight excluding hydrogens is 761 g/mol. The van der Waals surface area contributed by atoms with Crippen molar-refractivity contribution in [2.75, 3.05) is 4.90 Å². The Hall–Kier alpha value is -7.55. The van der Waals surface area contributed by atoms with Gasteiger partial charge < -0.3 is 4.90 Å². The number of nitrogens with zero attached hydrogens (tertiary/aromatic N) is 2. The molecule has 0 spiro atoms. The number of rotatable bonds is 6. The van der Waals surface area contributed by atoms with E-state index in [-0.39, 0.29) is 10.8 Å². The molecule has 1 aromatic heterocycles. The molecule has 9 aromatic carbocycles. The lowest BCUT2D eigenvalue weighted by Gasteiger charge is -2.30. The van der Waals surface area contributed by atoms with Gasteiger partial charge in [0.2, 0.25) is 0 Å². The second kappa shape index (κ2) is 14.0. The predicted octanol–water partition coefficient (Wildman–Crippen LogP) is 16.5. The third kappa shape index (κ3) is 5.75. The lowest BCUT2D eigenvalue weighted by Crippen LogP contribution is -2.17. The van der Waals surface area contributed by atoms with E-state index in [1.54, 1.807) is 0 Å². The number of hydrogen-bond acceptors (Lipinski definition) is 2. The number of benzene rings is 9. The highest BCUT2D eigenvalue weighted by Crippen LogP contribution is 2.56. The number of anilines is 3. The van der Waals surface area contributed by atoms with Gasteiger partial charge in [-0.2, -0.15) is 0 Å². The summed E-state index contributed by atoms with van der Waals surface area (Å²) >= 11 is 0. The minimum Gasteiger partial charge on any atom is -0.310 e. The third-order valence-corrected chi connectivity index (χ3v) is 14.0. The lowest BCUT2D eigenvalue weighted by atomic mass is 9.82. The topological polar surface area (TPSA) is 16.1 Å². The van der Waals surface area contributed by atoms with Crippen LogP contribution in [0.3, 0.4) is 0 Å². The Bertz CT molecular complexity index is 3480. The molecule has 0 radical (unpaired) electrons. The maximum absolute atomic E-state index is 5.22. The van der Waals surface area contributed by atoms with Crippen molar-refractivity contribution in [3.63, 3.8) is 0 Å². The molecule has 0 atom stereocenters. The average Bonchev–Trinajstić information content (AvgIpc) is 3.71. The summed E-state index contributed by atoms with van der Waals surface area (Å²) in [5, 5.41) is 3.56. The van der Waals surface area contributed by atoms with Gasteiger partial charge in [-0.15, -0.1) is 0 Å². The van der Waals surface area contributed by atoms with Gasteiger partial charge in [0.25, 0.3) is 0 Å². The maximum atomic E-state index is 5.22. The molecule has 1 heterocycles. The molecule has 0 N–H and O–H groups in total. The molecule has 0 aliphatic heterocycles. The first-order chi connectivity index (χ1) is 30.8. The van der Waals surface area contributed by atoms with Crippen molar-refractivity contribution in [1.29, 1.82) is 0 Å². The fraction of sp³-hybridized carbons (Fsp3) is 0.0984. The Labute approximate surface area is 369 Å². The molecule has 0 amide bonds. The SMILES string of the molecule is CC1(C)c2ccccc2-c2ccc(N(c3cccc(-c4cccc(-c5cccc(-c6nc7ccccc7c7ccccc67)c5)c4)c3)c3cccc4c3-c3ccccc3C4(C)C)cc21. The van der Waals surface area contributed by atoms with Gasteiger partial charge in [0, 0.05) is 44.1 Å². The number of aromatic nitrogens is 1. The van der Waals surface area contributed by atoms with E-state index in [4.69, 9.17) is 4.98 Å². The largest absolute Gasteiger partial charge is 0.310 e. The number of pyridine rings is 1. The molecule has 63 heavy (non-hydrogen) atoms. The summed E-state index contributed by atoms with van der Waals surface area (Å²) in [5.74, 6) is 0. The smallest absolute Gasteiger partial charge is 0.0788 e. The second-order valence-electron chi connectivity index (χ2n) is 18.3. The number of fused-ring (bicyclic) bond motifs is 9. The molecule has 300 valence electrons. The van der Waals surface area contributed by atoms with Crippen LogP contribution in [-0.2, 0) is 10.8 Å². The molecule has 0 saturated heterocycles. The fourth-order valence-corrected chi connectivity index (χ4v) is 10.9. The van der Waals surface area contributed by atoms with Crippen molar-refractivity contribution in [1.82, 2.24) is 4.98 Å². The van der Waals surface area contributed by atoms with E-state index >= 15 is 0 Å². The van der Waals surface area contributed by atoms with Crippen LogP contribution in [0.1, 0.15) is 49.9 Å². The molecule has 12 rings (SSSR count). The predicted molar refractivity (Wildman–Crippen MR) is 265 cm³/mol. The fourth-order valence-electron chi connectivity index (χ4n) is 10.9. The van der Waals surface area contributed by atoms with E-state index in [9.17, 15) is 0 Å². The minimum atomic E-state index is -0.127. The highest BCUT2D eigenvalue weighted by molar-refractivity contribution is 6.11. The second-order valence-corrected chi connectivity index (χ2v) is 18.3. The Morgan fingerprint density at radius 2 is 0.857 bits per heavy atom. The summed E-state index contributed by atoms with van der Waals surface area (Å²) < 4.78 is 0. The Morgan fingerprint density at radius 3 is 1.62 bits per heavy atom. The molecular formula is C61H46N2. The lowest BCUT2D eigenvalue weighted by molar-refractivity contribution is 0.660. The van der Waals surface area contributed by atoms with E-state index in [1.807, 2.05) is 0 Å². The van der Waals surface area contributed by atoms with E-state index in [1.165, 1.54) is 77.7 Å². The van der Waals surface area contributed by atoms with Crippen LogP contribution < -0.4 is 4.90 Å². The van der Waals surface area contributed by atoms with Gasteiger partial charge in [-0.25, -0.2) is 4.98 Å². The zero-order valence-electron chi connectivity index (χ0n) is 36.0. The van der Waals surface area contributed by atoms with E-state index in [0.29, 0.717) is 0 Å². The Balaban J connectivity index is 0.989. The molecule has 0 fully saturated rings. The first-order valence-electron chi connectivity index (χ1n) is 22.1. The summed E-state index contributed by atoms with van der Waals surface area (Å²) in [6.07, 6.45) is 0. The van der Waals surface area contributed by atoms with Crippen LogP contribution in [0.25, 0.3) is 77.4 Å². The summed E-state index contributed by atoms with van der Waals surface area (Å²) in [4.78, 5) is 7.73. The number of para-hydroxylation sites is 1. The van der Waals surface area contributed by atoms with Crippen LogP contribution in [0.15, 0.2) is 206 Å². The average molecular weight is 807 g/mol. The molecule has 2 aliphatic rings. The van der Waals surface area contributed by atoms with Gasteiger partial charge in [-0.1, -0.05) is 185 Å². The molecule has 0 unspecified atom stereocenters. The minimum absolute atomic E-state index is 0.119. The third-order valence-electron chi connectivity index (χ3n) is 14.0. The summed E-state index contributed by atoms with van der Waals surface area (Å²) in [6.45, 7) is 9.47. The molecule has 0 bridgehead atoms. The molecule has 2 nitrogen and oxygen atoms in total. The zero-order chi connectivity index (χ0) is 42.5. The molecule has 10 aromatic rings. The van der Waals surface area contributed by atoms with Gasteiger partial charge >= 0.3 is 0 Å². The van der Waals surface area contributed by atoms with E-state index in [0.717, 1.165) is 39.1 Å². The molecule has 2 aliphatic carbocycles. The van der Waals surface area contributed by atoms with Crippen LogP contribution in [0.5, 0.6) is 0 Å². The van der Waals surface area contributed by atoms with Gasteiger partial charge in [-0.3, -0.25) is 0 Å². The van der Waals surface area contributed by atoms with Crippen molar-refractivity contribution >= 4 is 38.7 Å². The maximum Gasteiger partial charge on any atom is 0.0788 e. The van der Waals surface area contributed by atoms with Gasteiger partial charge in [0.1, 0.15) is 0 Å². The first kappa shape index (κ1) is 37.2. The van der Waals surface area contributed by atoms with Crippen LogP contribution in [0.4, 0.5) is 17.1 Å². The van der Waals surface area contributed by atoms with Crippen molar-refractivity contribution in [2.24, 2.45) is 0 Å². The highest BCUT2D eigenvalue weighted by Gasteiger charge is 2.39. The van der Waals surface area contributed by atoms with Crippen molar-refractivity contribution in [3.8, 4) is 55.8 Å². The van der Waals surface area contributed by atoms with Crippen LogP contribution >= 0.6 is 0 Å². The first-order valence-corrected chi connectivity index (χ1v) is 22.1. The molecule has 2 heteroatoms. The Morgan fingerprint density at radius 1 is 0.349 bits per heavy atom. The molecule has 0 saturated carbocycles. The van der Waals surface area contributed by atoms with Crippen molar-refractivity contribution in [3.05, 3.63) is 229 Å². The van der Waals surface area contributed by atoms with Gasteiger partial charge in [0.05, 0.1) is 16.9 Å². The van der Waals surface area contributed by atoms with Crippen molar-refractivity contribution in [2.45, 2.75) is 38.5 Å². The van der Waals surface area contributed by atoms with Crippen molar-refractivity contribution < 1.29 is 0 Å². The summed E-state index contributed by atoms with van der Waals surface area (Å²) in [5.41, 5.74) is 21.8. The summed E-state index contributed by atoms with van der Waals surface area (Å²) in [6, 6.07) is 76.0. The van der Waals surface area contributed by atoms with E-state index in [2.05, 4.69) is 239 Å². The Kier molecular flexibility index (Phi) is 8.27. The van der Waals surface area contributed by atoms with Gasteiger partial charge in [-0.05, 0) is 115 Å². The van der Waals surface area contributed by atoms with Gasteiger partial charge in [0.15, 0.2) is 0 Å². The van der Waals surface area contributed by atoms with Crippen LogP contribution in [-0.4, -0.2) is 4.98 Å². The highest BCUT2D eigenvalue weighted by atomic mass is 15.1. The normalized spacial score (nSPS) is 14.0. The standard InChI is InChI=1S/C61H46N2/c1-60(2)53-29-11-8-27-51(53)58-54(60)30-16-32-57(58)63(45-33-34-48-47-24-7-10-28-52(47)61(3,4)55(48)38-45)44-22-15-20-42(37-44)40-18-13-17-39(35-40)41-19-14-21-43(36-41)59-50-26-6-5-23-46(50)49-25-9-12-31-56(49)62-59/h5-38H,1-4H3. The quantitative estimate of drug-likeness (QED) is 0.156. The summed E-state index contributed by atoms with van der Waals surface area (Å²) in [7, 11) is 0. The zero-order valence-corrected chi connectivity index (χ0v) is 36.0. The monoisotopic (exact) mass is 806 g/mol. The van der Waals surface area contributed by atoms with E-state index < -0.39 is 0 Å².